The van der Waals surface area contributed by atoms with Crippen LogP contribution in [-0.4, -0.2) is 22.0 Å². The summed E-state index contributed by atoms with van der Waals surface area (Å²) < 4.78 is 7.62. The van der Waals surface area contributed by atoms with E-state index in [-0.39, 0.29) is 5.54 Å². The van der Waals surface area contributed by atoms with Gasteiger partial charge in [0.1, 0.15) is 22.9 Å². The molecule has 1 N–H and O–H groups in total. The van der Waals surface area contributed by atoms with E-state index >= 15 is 0 Å². The summed E-state index contributed by atoms with van der Waals surface area (Å²) >= 11 is 0. The number of aryl methyl sites for hydroxylation is 1. The molecular weight excluding hydrogens is 286 g/mol. The highest BCUT2D eigenvalue weighted by Gasteiger charge is 2.21. The summed E-state index contributed by atoms with van der Waals surface area (Å²) in [5, 5.41) is 3.59. The van der Waals surface area contributed by atoms with Crippen molar-refractivity contribution >= 4 is 11.5 Å². The third-order valence-electron chi connectivity index (χ3n) is 3.64. The molecule has 120 valence electrons. The van der Waals surface area contributed by atoms with Crippen molar-refractivity contribution in [3.8, 4) is 17.0 Å². The minimum atomic E-state index is -0.0718. The number of anilines is 1. The quantitative estimate of drug-likeness (QED) is 0.772. The number of benzene rings is 1. The monoisotopic (exact) mass is 309 g/mol. The van der Waals surface area contributed by atoms with Crippen LogP contribution in [-0.2, 0) is 0 Å². The van der Waals surface area contributed by atoms with Crippen molar-refractivity contribution in [3.63, 3.8) is 0 Å². The first-order valence-electron chi connectivity index (χ1n) is 7.79. The molecule has 2 heterocycles. The van der Waals surface area contributed by atoms with Crippen molar-refractivity contribution in [2.45, 2.75) is 33.2 Å². The molecule has 0 bridgehead atoms. The first-order chi connectivity index (χ1) is 10.9. The summed E-state index contributed by atoms with van der Waals surface area (Å²) in [6.45, 7) is 8.51. The molecule has 0 saturated heterocycles. The van der Waals surface area contributed by atoms with Crippen molar-refractivity contribution in [2.24, 2.45) is 0 Å². The van der Waals surface area contributed by atoms with Gasteiger partial charge in [-0.2, -0.15) is 0 Å². The maximum Gasteiger partial charge on any atom is 0.139 e. The van der Waals surface area contributed by atoms with Crippen LogP contribution in [0.15, 0.2) is 42.6 Å². The smallest absolute Gasteiger partial charge is 0.139 e. The maximum absolute atomic E-state index is 5.53. The van der Waals surface area contributed by atoms with Crippen LogP contribution < -0.4 is 10.1 Å². The third-order valence-corrected chi connectivity index (χ3v) is 3.64. The Balaban J connectivity index is 2.28. The van der Waals surface area contributed by atoms with Gasteiger partial charge in [-0.25, -0.2) is 4.98 Å². The highest BCUT2D eigenvalue weighted by molar-refractivity contribution is 5.80. The summed E-state index contributed by atoms with van der Waals surface area (Å²) in [5.74, 6) is 1.81. The van der Waals surface area contributed by atoms with Gasteiger partial charge < -0.3 is 10.1 Å². The van der Waals surface area contributed by atoms with Gasteiger partial charge in [0, 0.05) is 17.3 Å². The Morgan fingerprint density at radius 2 is 1.87 bits per heavy atom. The number of aromatic nitrogens is 2. The van der Waals surface area contributed by atoms with E-state index in [1.807, 2.05) is 24.3 Å². The zero-order chi connectivity index (χ0) is 16.6. The number of ether oxygens (including phenoxy) is 1. The van der Waals surface area contributed by atoms with Gasteiger partial charge in [0.05, 0.1) is 7.11 Å². The first-order valence-corrected chi connectivity index (χ1v) is 7.79. The molecule has 0 aliphatic rings. The van der Waals surface area contributed by atoms with Gasteiger partial charge in [0.15, 0.2) is 0 Å². The maximum atomic E-state index is 5.53. The molecule has 4 heteroatoms. The van der Waals surface area contributed by atoms with Gasteiger partial charge in [0.25, 0.3) is 0 Å². The van der Waals surface area contributed by atoms with E-state index in [0.29, 0.717) is 0 Å². The molecule has 1 aromatic carbocycles. The fraction of sp³-hybridized carbons (Fsp3) is 0.316. The molecule has 0 fully saturated rings. The summed E-state index contributed by atoms with van der Waals surface area (Å²) in [7, 11) is 1.69. The van der Waals surface area contributed by atoms with Crippen LogP contribution in [0.25, 0.3) is 16.9 Å². The van der Waals surface area contributed by atoms with E-state index < -0.39 is 0 Å². The molecule has 3 rings (SSSR count). The Morgan fingerprint density at radius 1 is 1.13 bits per heavy atom. The van der Waals surface area contributed by atoms with Gasteiger partial charge >= 0.3 is 0 Å². The molecule has 23 heavy (non-hydrogen) atoms. The molecule has 0 atom stereocenters. The highest BCUT2D eigenvalue weighted by Crippen LogP contribution is 2.36. The standard InChI is InChI=1S/C19H23N3O/c1-13-10-11-22-16(12-13)20-17(18(22)21-19(2,3)4)14-8-6-7-9-15(14)23-5/h6-12,21H,1-5H3. The van der Waals surface area contributed by atoms with E-state index in [1.165, 1.54) is 5.56 Å². The fourth-order valence-corrected chi connectivity index (χ4v) is 2.65. The van der Waals surface area contributed by atoms with E-state index in [2.05, 4.69) is 55.7 Å². The summed E-state index contributed by atoms with van der Waals surface area (Å²) in [4.78, 5) is 4.86. The molecule has 0 aliphatic heterocycles. The molecule has 2 aromatic heterocycles. The van der Waals surface area contributed by atoms with Crippen LogP contribution in [0.1, 0.15) is 26.3 Å². The van der Waals surface area contributed by atoms with Crippen LogP contribution in [0.3, 0.4) is 0 Å². The van der Waals surface area contributed by atoms with Gasteiger partial charge in [0.2, 0.25) is 0 Å². The van der Waals surface area contributed by atoms with Crippen molar-refractivity contribution in [1.29, 1.82) is 0 Å². The number of rotatable bonds is 3. The van der Waals surface area contributed by atoms with Gasteiger partial charge in [-0.15, -0.1) is 0 Å². The van der Waals surface area contributed by atoms with Crippen LogP contribution in [0, 0.1) is 6.92 Å². The highest BCUT2D eigenvalue weighted by atomic mass is 16.5. The van der Waals surface area contributed by atoms with Crippen molar-refractivity contribution in [2.75, 3.05) is 12.4 Å². The predicted molar refractivity (Wildman–Crippen MR) is 95.3 cm³/mol. The third kappa shape index (κ3) is 3.02. The van der Waals surface area contributed by atoms with Crippen LogP contribution in [0.4, 0.5) is 5.82 Å². The average Bonchev–Trinajstić information content (AvgIpc) is 2.83. The number of pyridine rings is 1. The predicted octanol–water partition coefficient (Wildman–Crippen LogP) is 4.53. The topological polar surface area (TPSA) is 38.6 Å². The fourth-order valence-electron chi connectivity index (χ4n) is 2.65. The number of nitrogens with zero attached hydrogens (tertiary/aromatic N) is 2. The Bertz CT molecular complexity index is 843. The second kappa shape index (κ2) is 5.61. The molecule has 0 amide bonds. The molecule has 0 unspecified atom stereocenters. The second-order valence-corrected chi connectivity index (χ2v) is 6.82. The van der Waals surface area contributed by atoms with Crippen molar-refractivity contribution < 1.29 is 4.74 Å². The number of fused-ring (bicyclic) bond motifs is 1. The lowest BCUT2D eigenvalue weighted by atomic mass is 10.1. The van der Waals surface area contributed by atoms with Crippen molar-refractivity contribution in [3.05, 3.63) is 48.2 Å². The minimum Gasteiger partial charge on any atom is -0.496 e. The average molecular weight is 309 g/mol. The van der Waals surface area contributed by atoms with Gasteiger partial charge in [-0.05, 0) is 57.5 Å². The molecular formula is C19H23N3O. The second-order valence-electron chi connectivity index (χ2n) is 6.82. The number of methoxy groups -OCH3 is 1. The Hall–Kier alpha value is -2.49. The van der Waals surface area contributed by atoms with E-state index in [4.69, 9.17) is 9.72 Å². The molecule has 3 aromatic rings. The SMILES string of the molecule is COc1ccccc1-c1nc2cc(C)ccn2c1NC(C)(C)C. The molecule has 0 spiro atoms. The van der Waals surface area contributed by atoms with Gasteiger partial charge in [-0.3, -0.25) is 4.40 Å². The lowest BCUT2D eigenvalue weighted by Gasteiger charge is -2.23. The zero-order valence-corrected chi connectivity index (χ0v) is 14.3. The number of para-hydroxylation sites is 1. The minimum absolute atomic E-state index is 0.0718. The van der Waals surface area contributed by atoms with E-state index in [1.54, 1.807) is 7.11 Å². The number of hydrogen-bond acceptors (Lipinski definition) is 3. The largest absolute Gasteiger partial charge is 0.496 e. The number of hydrogen-bond donors (Lipinski definition) is 1. The summed E-state index contributed by atoms with van der Waals surface area (Å²) in [5.41, 5.74) is 3.94. The lowest BCUT2D eigenvalue weighted by molar-refractivity contribution is 0.416. The zero-order valence-electron chi connectivity index (χ0n) is 14.3. The van der Waals surface area contributed by atoms with Crippen LogP contribution in [0.5, 0.6) is 5.75 Å². The molecule has 0 saturated carbocycles. The van der Waals surface area contributed by atoms with Crippen LogP contribution in [0.2, 0.25) is 0 Å². The van der Waals surface area contributed by atoms with Crippen molar-refractivity contribution in [1.82, 2.24) is 9.38 Å². The number of imidazole rings is 1. The van der Waals surface area contributed by atoms with E-state index in [9.17, 15) is 0 Å². The lowest BCUT2D eigenvalue weighted by Crippen LogP contribution is -2.27. The Kier molecular flexibility index (Phi) is 3.76. The summed E-state index contributed by atoms with van der Waals surface area (Å²) in [6, 6.07) is 12.2. The summed E-state index contributed by atoms with van der Waals surface area (Å²) in [6.07, 6.45) is 2.06. The van der Waals surface area contributed by atoms with Gasteiger partial charge in [-0.1, -0.05) is 12.1 Å². The number of nitrogens with one attached hydrogen (secondary N) is 1. The van der Waals surface area contributed by atoms with E-state index in [0.717, 1.165) is 28.5 Å². The first kappa shape index (κ1) is 15.4. The molecule has 0 aliphatic carbocycles. The molecule has 0 radical (unpaired) electrons. The molecule has 4 nitrogen and oxygen atoms in total. The van der Waals surface area contributed by atoms with Crippen LogP contribution >= 0.6 is 0 Å². The normalized spacial score (nSPS) is 11.7. The Morgan fingerprint density at radius 3 is 2.57 bits per heavy atom. The Labute approximate surface area is 137 Å².